The fourth-order valence-electron chi connectivity index (χ4n) is 0.952. The third-order valence-corrected chi connectivity index (χ3v) is 1.96. The van der Waals surface area contributed by atoms with Gasteiger partial charge >= 0.3 is 0 Å². The molecular formula is C8H13NO2S. The van der Waals surface area contributed by atoms with Crippen LogP contribution in [0.4, 0.5) is 0 Å². The second-order valence-electron chi connectivity index (χ2n) is 2.56. The van der Waals surface area contributed by atoms with Crippen LogP contribution in [0.5, 0.6) is 0 Å². The van der Waals surface area contributed by atoms with Crippen molar-refractivity contribution in [2.24, 2.45) is 0 Å². The minimum Gasteiger partial charge on any atom is -0.469 e. The van der Waals surface area contributed by atoms with Gasteiger partial charge in [-0.3, -0.25) is 0 Å². The van der Waals surface area contributed by atoms with Crippen LogP contribution < -0.4 is 0 Å². The van der Waals surface area contributed by atoms with Crippen molar-refractivity contribution in [2.75, 3.05) is 19.8 Å². The third-order valence-electron chi connectivity index (χ3n) is 1.61. The van der Waals surface area contributed by atoms with Crippen LogP contribution >= 0.6 is 12.2 Å². The van der Waals surface area contributed by atoms with E-state index in [4.69, 9.17) is 22.1 Å². The van der Waals surface area contributed by atoms with Crippen molar-refractivity contribution in [2.45, 2.75) is 12.8 Å². The lowest BCUT2D eigenvalue weighted by atomic mass is 10.3. The van der Waals surface area contributed by atoms with Gasteiger partial charge in [0.2, 0.25) is 0 Å². The van der Waals surface area contributed by atoms with Gasteiger partial charge in [0.05, 0.1) is 6.54 Å². The minimum atomic E-state index is 0.241. The molecule has 0 radical (unpaired) electrons. The van der Waals surface area contributed by atoms with Gasteiger partial charge in [-0.2, -0.15) is 0 Å². The summed E-state index contributed by atoms with van der Waals surface area (Å²) in [4.78, 5) is 1.90. The summed E-state index contributed by atoms with van der Waals surface area (Å²) in [6.07, 6.45) is 5.61. The van der Waals surface area contributed by atoms with E-state index in [1.807, 2.05) is 17.2 Å². The highest BCUT2D eigenvalue weighted by Crippen LogP contribution is 2.04. The lowest BCUT2D eigenvalue weighted by molar-refractivity contribution is 0.289. The highest BCUT2D eigenvalue weighted by atomic mass is 32.1. The molecule has 1 aliphatic heterocycles. The first-order valence-electron chi connectivity index (χ1n) is 4.05. The summed E-state index contributed by atoms with van der Waals surface area (Å²) in [6, 6.07) is 0. The maximum atomic E-state index is 8.51. The minimum absolute atomic E-state index is 0.241. The molecule has 0 aromatic rings. The van der Waals surface area contributed by atoms with Crippen molar-refractivity contribution in [3.05, 3.63) is 12.3 Å². The van der Waals surface area contributed by atoms with Crippen LogP contribution in [-0.4, -0.2) is 34.9 Å². The molecule has 4 heteroatoms. The zero-order valence-electron chi connectivity index (χ0n) is 6.90. The molecule has 12 heavy (non-hydrogen) atoms. The Kier molecular flexibility index (Phi) is 4.04. The molecule has 1 rings (SSSR count). The predicted octanol–water partition coefficient (Wildman–Crippen LogP) is 0.890. The predicted molar refractivity (Wildman–Crippen MR) is 50.7 cm³/mol. The van der Waals surface area contributed by atoms with Crippen molar-refractivity contribution >= 4 is 17.4 Å². The van der Waals surface area contributed by atoms with Gasteiger partial charge in [0.15, 0.2) is 0 Å². The van der Waals surface area contributed by atoms with Gasteiger partial charge < -0.3 is 14.7 Å². The molecule has 0 amide bonds. The molecule has 0 aromatic heterocycles. The number of ether oxygens (including phenoxy) is 1. The van der Waals surface area contributed by atoms with Gasteiger partial charge in [-0.05, 0) is 25.1 Å². The quantitative estimate of drug-likeness (QED) is 0.523. The second-order valence-corrected chi connectivity index (χ2v) is 2.91. The number of hydrogen-bond acceptors (Lipinski definition) is 3. The molecule has 68 valence electrons. The van der Waals surface area contributed by atoms with Gasteiger partial charge in [-0.25, -0.2) is 0 Å². The van der Waals surface area contributed by atoms with E-state index in [0.717, 1.165) is 19.4 Å². The Labute approximate surface area is 77.6 Å². The Bertz CT molecular complexity index is 182. The molecule has 0 aromatic carbocycles. The molecule has 1 N–H and O–H groups in total. The molecular weight excluding hydrogens is 174 g/mol. The molecule has 0 aliphatic carbocycles. The monoisotopic (exact) mass is 187 g/mol. The topological polar surface area (TPSA) is 32.7 Å². The maximum absolute atomic E-state index is 8.51. The number of unbranched alkanes of at least 4 members (excludes halogenated alkanes) is 1. The summed E-state index contributed by atoms with van der Waals surface area (Å²) >= 11 is 4.92. The number of nitrogens with zero attached hydrogens (tertiary/aromatic N) is 1. The summed E-state index contributed by atoms with van der Waals surface area (Å²) in [5.41, 5.74) is 0. The fraction of sp³-hybridized carbons (Fsp3) is 0.625. The van der Waals surface area contributed by atoms with Crippen LogP contribution in [0.2, 0.25) is 0 Å². The first-order chi connectivity index (χ1) is 5.84. The van der Waals surface area contributed by atoms with E-state index in [0.29, 0.717) is 11.8 Å². The summed E-state index contributed by atoms with van der Waals surface area (Å²) in [5, 5.41) is 9.06. The van der Waals surface area contributed by atoms with Crippen LogP contribution in [0.3, 0.4) is 0 Å². The zero-order chi connectivity index (χ0) is 8.81. The lowest BCUT2D eigenvalue weighted by Crippen LogP contribution is -2.16. The van der Waals surface area contributed by atoms with Gasteiger partial charge in [0, 0.05) is 12.8 Å². The molecule has 1 saturated heterocycles. The van der Waals surface area contributed by atoms with E-state index < -0.39 is 0 Å². The van der Waals surface area contributed by atoms with Crippen LogP contribution in [0.25, 0.3) is 0 Å². The van der Waals surface area contributed by atoms with E-state index in [9.17, 15) is 0 Å². The normalized spacial score (nSPS) is 17.4. The Morgan fingerprint density at radius 2 is 2.50 bits per heavy atom. The molecule has 1 aliphatic rings. The van der Waals surface area contributed by atoms with E-state index >= 15 is 0 Å². The molecule has 0 atom stereocenters. The third kappa shape index (κ3) is 2.79. The Balaban J connectivity index is 2.20. The summed E-state index contributed by atoms with van der Waals surface area (Å²) in [5.74, 6) is 0. The lowest BCUT2D eigenvalue weighted by Gasteiger charge is -2.06. The molecule has 0 unspecified atom stereocenters. The van der Waals surface area contributed by atoms with E-state index in [-0.39, 0.29) is 6.61 Å². The summed E-state index contributed by atoms with van der Waals surface area (Å²) in [6.45, 7) is 1.77. The van der Waals surface area contributed by atoms with Gasteiger partial charge in [-0.1, -0.05) is 6.08 Å². The Hall–Kier alpha value is -0.610. The van der Waals surface area contributed by atoms with Gasteiger partial charge in [0.1, 0.15) is 6.61 Å². The number of thiocarbonyl (C=S) groups is 1. The van der Waals surface area contributed by atoms with Crippen molar-refractivity contribution in [3.63, 3.8) is 0 Å². The highest BCUT2D eigenvalue weighted by molar-refractivity contribution is 7.80. The van der Waals surface area contributed by atoms with Crippen LogP contribution in [0, 0.1) is 0 Å². The average Bonchev–Trinajstić information content (AvgIpc) is 2.46. The smallest absolute Gasteiger partial charge is 0.263 e. The largest absolute Gasteiger partial charge is 0.469 e. The number of allylic oxidation sites excluding steroid dienone is 1. The molecule has 3 nitrogen and oxygen atoms in total. The van der Waals surface area contributed by atoms with Crippen molar-refractivity contribution in [3.8, 4) is 0 Å². The molecule has 0 bridgehead atoms. The first-order valence-corrected chi connectivity index (χ1v) is 4.46. The van der Waals surface area contributed by atoms with Crippen molar-refractivity contribution in [1.82, 2.24) is 4.90 Å². The Morgan fingerprint density at radius 1 is 1.67 bits per heavy atom. The SMILES string of the molecule is OCCCC=CN1CCOC1=S. The van der Waals surface area contributed by atoms with Gasteiger partial charge in [-0.15, -0.1) is 0 Å². The Morgan fingerprint density at radius 3 is 3.08 bits per heavy atom. The molecule has 1 heterocycles. The molecule has 0 saturated carbocycles. The standard InChI is InChI=1S/C8H13NO2S/c10-6-3-1-2-4-9-5-7-11-8(9)12/h2,4,10H,1,3,5-7H2. The zero-order valence-corrected chi connectivity index (χ0v) is 7.72. The van der Waals surface area contributed by atoms with Crippen molar-refractivity contribution < 1.29 is 9.84 Å². The first kappa shape index (κ1) is 9.48. The number of hydrogen-bond donors (Lipinski definition) is 1. The van der Waals surface area contributed by atoms with Crippen LogP contribution in [-0.2, 0) is 4.74 Å². The summed E-state index contributed by atoms with van der Waals surface area (Å²) in [7, 11) is 0. The highest BCUT2D eigenvalue weighted by Gasteiger charge is 2.14. The number of rotatable bonds is 4. The second kappa shape index (κ2) is 5.11. The van der Waals surface area contributed by atoms with E-state index in [2.05, 4.69) is 0 Å². The van der Waals surface area contributed by atoms with Crippen LogP contribution in [0.15, 0.2) is 12.3 Å². The van der Waals surface area contributed by atoms with Crippen LogP contribution in [0.1, 0.15) is 12.8 Å². The molecule has 0 spiro atoms. The summed E-state index contributed by atoms with van der Waals surface area (Å²) < 4.78 is 5.08. The number of aliphatic hydroxyl groups excluding tert-OH is 1. The average molecular weight is 187 g/mol. The van der Waals surface area contributed by atoms with Crippen molar-refractivity contribution in [1.29, 1.82) is 0 Å². The number of aliphatic hydroxyl groups is 1. The fourth-order valence-corrected chi connectivity index (χ4v) is 1.19. The molecule has 1 fully saturated rings. The van der Waals surface area contributed by atoms with Gasteiger partial charge in [0.25, 0.3) is 5.17 Å². The van der Waals surface area contributed by atoms with E-state index in [1.54, 1.807) is 0 Å². The maximum Gasteiger partial charge on any atom is 0.263 e. The van der Waals surface area contributed by atoms with E-state index in [1.165, 1.54) is 0 Å².